The molecule has 2 aromatic rings. The van der Waals surface area contributed by atoms with Gasteiger partial charge in [0.1, 0.15) is 0 Å². The Bertz CT molecular complexity index is 659. The zero-order chi connectivity index (χ0) is 16.4. The summed E-state index contributed by atoms with van der Waals surface area (Å²) in [4.78, 5) is 12.9. The van der Waals surface area contributed by atoms with Gasteiger partial charge < -0.3 is 10.6 Å². The summed E-state index contributed by atoms with van der Waals surface area (Å²) in [5, 5.41) is 6.72. The Morgan fingerprint density at radius 2 is 1.48 bits per heavy atom. The summed E-state index contributed by atoms with van der Waals surface area (Å²) in [5.41, 5.74) is 2.54. The highest BCUT2D eigenvalue weighted by Crippen LogP contribution is 2.58. The number of rotatable bonds is 4. The van der Waals surface area contributed by atoms with Crippen molar-refractivity contribution in [3.05, 3.63) is 71.8 Å². The van der Waals surface area contributed by atoms with Crippen molar-refractivity contribution in [3.63, 3.8) is 0 Å². The van der Waals surface area contributed by atoms with E-state index >= 15 is 0 Å². The molecule has 132 valence electrons. The lowest BCUT2D eigenvalue weighted by Gasteiger charge is -2.25. The Labute approximate surface area is 155 Å². The van der Waals surface area contributed by atoms with Gasteiger partial charge in [-0.1, -0.05) is 60.7 Å². The predicted octanol–water partition coefficient (Wildman–Crippen LogP) is 3.70. The van der Waals surface area contributed by atoms with Crippen molar-refractivity contribution < 1.29 is 4.79 Å². The largest absolute Gasteiger partial charge is 0.345 e. The van der Waals surface area contributed by atoms with Gasteiger partial charge in [0.05, 0.1) is 6.04 Å². The average molecular weight is 357 g/mol. The first-order chi connectivity index (χ1) is 11.8. The number of benzene rings is 2. The molecule has 1 saturated carbocycles. The van der Waals surface area contributed by atoms with Gasteiger partial charge >= 0.3 is 0 Å². The molecule has 1 aliphatic heterocycles. The fourth-order valence-electron chi connectivity index (χ4n) is 4.09. The van der Waals surface area contributed by atoms with Crippen molar-refractivity contribution in [1.29, 1.82) is 0 Å². The molecule has 2 aliphatic rings. The van der Waals surface area contributed by atoms with Gasteiger partial charge in [-0.15, -0.1) is 12.4 Å². The van der Waals surface area contributed by atoms with Crippen molar-refractivity contribution in [2.75, 3.05) is 13.1 Å². The maximum Gasteiger partial charge on any atom is 0.224 e. The minimum absolute atomic E-state index is 0. The van der Waals surface area contributed by atoms with Gasteiger partial charge in [0.2, 0.25) is 5.91 Å². The fourth-order valence-corrected chi connectivity index (χ4v) is 4.09. The molecule has 0 aromatic heterocycles. The molecule has 1 atom stereocenters. The van der Waals surface area contributed by atoms with E-state index in [-0.39, 0.29) is 35.7 Å². The van der Waals surface area contributed by atoms with E-state index < -0.39 is 0 Å². The second-order valence-corrected chi connectivity index (χ2v) is 7.13. The van der Waals surface area contributed by atoms with Gasteiger partial charge in [-0.3, -0.25) is 4.79 Å². The normalized spacial score (nSPS) is 20.8. The molecule has 4 rings (SSSR count). The lowest BCUT2D eigenvalue weighted by molar-refractivity contribution is -0.123. The van der Waals surface area contributed by atoms with E-state index in [1.807, 2.05) is 36.4 Å². The summed E-state index contributed by atoms with van der Waals surface area (Å²) in [6, 6.07) is 20.4. The van der Waals surface area contributed by atoms with E-state index in [1.54, 1.807) is 0 Å². The molecule has 1 heterocycles. The van der Waals surface area contributed by atoms with Crippen LogP contribution in [0, 0.1) is 11.3 Å². The second kappa shape index (κ2) is 7.59. The van der Waals surface area contributed by atoms with Crippen LogP contribution in [0.4, 0.5) is 0 Å². The number of carbonyl (C=O) groups is 1. The zero-order valence-electron chi connectivity index (χ0n) is 14.3. The van der Waals surface area contributed by atoms with Crippen molar-refractivity contribution in [1.82, 2.24) is 10.6 Å². The lowest BCUT2D eigenvalue weighted by Crippen LogP contribution is -2.35. The third-order valence-electron chi connectivity index (χ3n) is 5.66. The second-order valence-electron chi connectivity index (χ2n) is 7.13. The van der Waals surface area contributed by atoms with Crippen LogP contribution in [-0.2, 0) is 4.79 Å². The summed E-state index contributed by atoms with van der Waals surface area (Å²) in [5.74, 6) is 0.407. The van der Waals surface area contributed by atoms with Crippen molar-refractivity contribution >= 4 is 18.3 Å². The Hall–Kier alpha value is -1.84. The number of hydrogen-bond donors (Lipinski definition) is 2. The SMILES string of the molecule is Cl.O=C(NC(c1ccccc1)c1ccccc1)C1CC12CCNCC2. The Morgan fingerprint density at radius 3 is 2.00 bits per heavy atom. The van der Waals surface area contributed by atoms with Gasteiger partial charge in [-0.25, -0.2) is 0 Å². The highest BCUT2D eigenvalue weighted by Gasteiger charge is 2.57. The summed E-state index contributed by atoms with van der Waals surface area (Å²) in [6.07, 6.45) is 3.32. The first-order valence-electron chi connectivity index (χ1n) is 8.89. The topological polar surface area (TPSA) is 41.1 Å². The van der Waals surface area contributed by atoms with Crippen molar-refractivity contribution in [2.45, 2.75) is 25.3 Å². The van der Waals surface area contributed by atoms with Crippen LogP contribution in [-0.4, -0.2) is 19.0 Å². The summed E-state index contributed by atoms with van der Waals surface area (Å²) in [7, 11) is 0. The van der Waals surface area contributed by atoms with Gasteiger partial charge in [0, 0.05) is 5.92 Å². The monoisotopic (exact) mass is 356 g/mol. The molecule has 1 amide bonds. The molecule has 2 fully saturated rings. The zero-order valence-corrected chi connectivity index (χ0v) is 15.1. The molecule has 0 bridgehead atoms. The smallest absolute Gasteiger partial charge is 0.224 e. The van der Waals surface area contributed by atoms with Crippen LogP contribution in [0.3, 0.4) is 0 Å². The number of piperidine rings is 1. The molecule has 1 saturated heterocycles. The van der Waals surface area contributed by atoms with Crippen molar-refractivity contribution in [2.24, 2.45) is 11.3 Å². The van der Waals surface area contributed by atoms with Crippen LogP contribution in [0.25, 0.3) is 0 Å². The third kappa shape index (κ3) is 3.73. The quantitative estimate of drug-likeness (QED) is 0.876. The Morgan fingerprint density at radius 1 is 0.960 bits per heavy atom. The minimum Gasteiger partial charge on any atom is -0.345 e. The van der Waals surface area contributed by atoms with Gasteiger partial charge in [0.15, 0.2) is 0 Å². The van der Waals surface area contributed by atoms with Gasteiger partial charge in [-0.2, -0.15) is 0 Å². The molecular formula is C21H25ClN2O. The summed E-state index contributed by atoms with van der Waals surface area (Å²) >= 11 is 0. The molecule has 25 heavy (non-hydrogen) atoms. The highest BCUT2D eigenvalue weighted by molar-refractivity contribution is 5.85. The van der Waals surface area contributed by atoms with Crippen LogP contribution >= 0.6 is 12.4 Å². The van der Waals surface area contributed by atoms with Crippen LogP contribution < -0.4 is 10.6 Å². The molecule has 1 aliphatic carbocycles. The van der Waals surface area contributed by atoms with Crippen LogP contribution in [0.15, 0.2) is 60.7 Å². The number of halogens is 1. The molecule has 0 radical (unpaired) electrons. The van der Waals surface area contributed by atoms with Crippen LogP contribution in [0.1, 0.15) is 36.4 Å². The van der Waals surface area contributed by atoms with Crippen LogP contribution in [0.5, 0.6) is 0 Å². The molecule has 2 N–H and O–H groups in total. The van der Waals surface area contributed by atoms with E-state index in [2.05, 4.69) is 34.9 Å². The van der Waals surface area contributed by atoms with E-state index in [4.69, 9.17) is 0 Å². The van der Waals surface area contributed by atoms with Crippen molar-refractivity contribution in [3.8, 4) is 0 Å². The minimum atomic E-state index is -0.0701. The Balaban J connectivity index is 0.00000182. The molecule has 4 heteroatoms. The molecule has 1 unspecified atom stereocenters. The average Bonchev–Trinajstić information content (AvgIpc) is 3.34. The first kappa shape index (κ1) is 18.0. The number of carbonyl (C=O) groups excluding carboxylic acids is 1. The number of hydrogen-bond acceptors (Lipinski definition) is 2. The maximum absolute atomic E-state index is 12.9. The highest BCUT2D eigenvalue weighted by atomic mass is 35.5. The molecular weight excluding hydrogens is 332 g/mol. The van der Waals surface area contributed by atoms with E-state index in [0.717, 1.165) is 43.5 Å². The number of nitrogens with one attached hydrogen (secondary N) is 2. The Kier molecular flexibility index (Phi) is 5.45. The van der Waals surface area contributed by atoms with Gasteiger partial charge in [-0.05, 0) is 48.9 Å². The number of amides is 1. The standard InChI is InChI=1S/C21H24N2O.ClH/c24-20(18-15-21(18)11-13-22-14-12-21)23-19(16-7-3-1-4-8-16)17-9-5-2-6-10-17;/h1-10,18-19,22H,11-15H2,(H,23,24);1H. The fraction of sp³-hybridized carbons (Fsp3) is 0.381. The predicted molar refractivity (Wildman–Crippen MR) is 103 cm³/mol. The maximum atomic E-state index is 12.9. The van der Waals surface area contributed by atoms with E-state index in [0.29, 0.717) is 0 Å². The molecule has 2 aromatic carbocycles. The van der Waals surface area contributed by atoms with Crippen LogP contribution in [0.2, 0.25) is 0 Å². The summed E-state index contributed by atoms with van der Waals surface area (Å²) < 4.78 is 0. The lowest BCUT2D eigenvalue weighted by atomic mass is 9.91. The first-order valence-corrected chi connectivity index (χ1v) is 8.89. The van der Waals surface area contributed by atoms with Gasteiger partial charge in [0.25, 0.3) is 0 Å². The third-order valence-corrected chi connectivity index (χ3v) is 5.66. The van der Waals surface area contributed by atoms with E-state index in [1.165, 1.54) is 0 Å². The van der Waals surface area contributed by atoms with E-state index in [9.17, 15) is 4.79 Å². The molecule has 3 nitrogen and oxygen atoms in total. The summed E-state index contributed by atoms with van der Waals surface area (Å²) in [6.45, 7) is 2.09. The molecule has 1 spiro atoms.